The summed E-state index contributed by atoms with van der Waals surface area (Å²) in [6, 6.07) is -0.570. The SMILES string of the molecule is CC(=O)O[C@@H]1CCC=C(Cl)[C@@H]1N=[N+]=[N-]. The number of ether oxygens (including phenoxy) is 1. The molecule has 0 bridgehead atoms. The van der Waals surface area contributed by atoms with E-state index in [2.05, 4.69) is 10.0 Å². The van der Waals surface area contributed by atoms with E-state index in [1.54, 1.807) is 6.08 Å². The number of nitrogens with zero attached hydrogens (tertiary/aromatic N) is 3. The van der Waals surface area contributed by atoms with Gasteiger partial charge in [0.15, 0.2) is 0 Å². The van der Waals surface area contributed by atoms with Gasteiger partial charge in [0, 0.05) is 16.9 Å². The lowest BCUT2D eigenvalue weighted by Gasteiger charge is -2.25. The summed E-state index contributed by atoms with van der Waals surface area (Å²) >= 11 is 5.84. The molecule has 1 aliphatic carbocycles. The third-order valence-corrected chi connectivity index (χ3v) is 2.30. The van der Waals surface area contributed by atoms with E-state index in [9.17, 15) is 4.79 Å². The van der Waals surface area contributed by atoms with Gasteiger partial charge in [0.1, 0.15) is 12.1 Å². The van der Waals surface area contributed by atoms with Crippen LogP contribution >= 0.6 is 11.6 Å². The van der Waals surface area contributed by atoms with Crippen molar-refractivity contribution in [2.75, 3.05) is 0 Å². The molecule has 5 nitrogen and oxygen atoms in total. The quantitative estimate of drug-likeness (QED) is 0.307. The summed E-state index contributed by atoms with van der Waals surface area (Å²) in [6.07, 6.45) is 2.72. The summed E-state index contributed by atoms with van der Waals surface area (Å²) < 4.78 is 5.00. The van der Waals surface area contributed by atoms with E-state index in [4.69, 9.17) is 21.9 Å². The minimum atomic E-state index is -0.570. The van der Waals surface area contributed by atoms with Crippen molar-refractivity contribution in [3.63, 3.8) is 0 Å². The van der Waals surface area contributed by atoms with Crippen LogP contribution in [0.15, 0.2) is 16.2 Å². The molecule has 14 heavy (non-hydrogen) atoms. The van der Waals surface area contributed by atoms with Crippen LogP contribution in [-0.4, -0.2) is 18.1 Å². The van der Waals surface area contributed by atoms with Gasteiger partial charge in [-0.25, -0.2) is 0 Å². The molecule has 0 aliphatic heterocycles. The molecule has 2 atom stereocenters. The summed E-state index contributed by atoms with van der Waals surface area (Å²) in [4.78, 5) is 13.4. The molecule has 0 aromatic rings. The van der Waals surface area contributed by atoms with Gasteiger partial charge in [-0.15, -0.1) is 0 Å². The van der Waals surface area contributed by atoms with Gasteiger partial charge in [-0.2, -0.15) is 0 Å². The molecule has 76 valence electrons. The highest BCUT2D eigenvalue weighted by atomic mass is 35.5. The fourth-order valence-electron chi connectivity index (χ4n) is 1.36. The third kappa shape index (κ3) is 2.65. The Morgan fingerprint density at radius 1 is 1.86 bits per heavy atom. The van der Waals surface area contributed by atoms with E-state index in [-0.39, 0.29) is 5.97 Å². The smallest absolute Gasteiger partial charge is 0.302 e. The number of carbonyl (C=O) groups is 1. The van der Waals surface area contributed by atoms with Crippen LogP contribution < -0.4 is 0 Å². The highest BCUT2D eigenvalue weighted by molar-refractivity contribution is 6.30. The Bertz CT molecular complexity index is 310. The monoisotopic (exact) mass is 215 g/mol. The fourth-order valence-corrected chi connectivity index (χ4v) is 1.66. The predicted molar refractivity (Wildman–Crippen MR) is 51.7 cm³/mol. The van der Waals surface area contributed by atoms with Crippen molar-refractivity contribution >= 4 is 17.6 Å². The Kier molecular flexibility index (Phi) is 3.80. The van der Waals surface area contributed by atoms with E-state index >= 15 is 0 Å². The van der Waals surface area contributed by atoms with E-state index in [0.717, 1.165) is 6.42 Å². The van der Waals surface area contributed by atoms with Crippen molar-refractivity contribution in [3.05, 3.63) is 21.6 Å². The minimum Gasteiger partial charge on any atom is -0.462 e. The summed E-state index contributed by atoms with van der Waals surface area (Å²) in [7, 11) is 0. The maximum Gasteiger partial charge on any atom is 0.302 e. The third-order valence-electron chi connectivity index (χ3n) is 1.92. The average Bonchev–Trinajstić information content (AvgIpc) is 2.10. The van der Waals surface area contributed by atoms with Gasteiger partial charge in [-0.3, -0.25) is 4.79 Å². The topological polar surface area (TPSA) is 75.1 Å². The second-order valence-corrected chi connectivity index (χ2v) is 3.40. The largest absolute Gasteiger partial charge is 0.462 e. The number of hydrogen-bond acceptors (Lipinski definition) is 3. The zero-order valence-corrected chi connectivity index (χ0v) is 8.44. The molecule has 0 saturated heterocycles. The molecule has 0 N–H and O–H groups in total. The predicted octanol–water partition coefficient (Wildman–Crippen LogP) is 2.51. The highest BCUT2D eigenvalue weighted by Gasteiger charge is 2.28. The van der Waals surface area contributed by atoms with Crippen molar-refractivity contribution in [1.82, 2.24) is 0 Å². The van der Waals surface area contributed by atoms with E-state index in [1.807, 2.05) is 0 Å². The van der Waals surface area contributed by atoms with E-state index in [1.165, 1.54) is 6.92 Å². The molecule has 0 heterocycles. The number of carbonyl (C=O) groups excluding carboxylic acids is 1. The molecule has 0 unspecified atom stereocenters. The van der Waals surface area contributed by atoms with Crippen LogP contribution in [-0.2, 0) is 9.53 Å². The Balaban J connectivity index is 2.78. The number of halogens is 1. The summed E-state index contributed by atoms with van der Waals surface area (Å²) in [5.41, 5.74) is 8.32. The second kappa shape index (κ2) is 4.88. The highest BCUT2D eigenvalue weighted by Crippen LogP contribution is 2.27. The molecule has 6 heteroatoms. The van der Waals surface area contributed by atoms with Crippen molar-refractivity contribution in [2.45, 2.75) is 31.9 Å². The molecule has 0 radical (unpaired) electrons. The van der Waals surface area contributed by atoms with Crippen molar-refractivity contribution < 1.29 is 9.53 Å². The first-order valence-electron chi connectivity index (χ1n) is 4.22. The Hall–Kier alpha value is -1.19. The van der Waals surface area contributed by atoms with Gasteiger partial charge in [0.25, 0.3) is 0 Å². The van der Waals surface area contributed by atoms with Crippen LogP contribution in [0, 0.1) is 0 Å². The normalized spacial score (nSPS) is 26.0. The molecule has 0 fully saturated rings. The first-order valence-corrected chi connectivity index (χ1v) is 4.60. The van der Waals surface area contributed by atoms with Crippen LogP contribution in [0.3, 0.4) is 0 Å². The first kappa shape index (κ1) is 10.9. The van der Waals surface area contributed by atoms with Gasteiger partial charge in [0.2, 0.25) is 0 Å². The number of allylic oxidation sites excluding steroid dienone is 1. The van der Waals surface area contributed by atoms with Crippen molar-refractivity contribution in [3.8, 4) is 0 Å². The van der Waals surface area contributed by atoms with Crippen LogP contribution in [0.5, 0.6) is 0 Å². The Morgan fingerprint density at radius 2 is 2.57 bits per heavy atom. The molecule has 0 amide bonds. The van der Waals surface area contributed by atoms with E-state index < -0.39 is 12.1 Å². The maximum atomic E-state index is 10.7. The van der Waals surface area contributed by atoms with Gasteiger partial charge in [-0.05, 0) is 18.4 Å². The number of esters is 1. The van der Waals surface area contributed by atoms with E-state index in [0.29, 0.717) is 11.5 Å². The fraction of sp³-hybridized carbons (Fsp3) is 0.625. The maximum absolute atomic E-state index is 10.7. The molecule has 0 saturated carbocycles. The van der Waals surface area contributed by atoms with Crippen LogP contribution in [0.1, 0.15) is 19.8 Å². The van der Waals surface area contributed by atoms with Crippen molar-refractivity contribution in [1.29, 1.82) is 0 Å². The standard InChI is InChI=1S/C8H10ClN3O2/c1-5(13)14-7-4-2-3-6(9)8(7)11-12-10/h3,7-8H,2,4H2,1H3/t7-,8+/m1/s1. The summed E-state index contributed by atoms with van der Waals surface area (Å²) in [6.45, 7) is 1.32. The Labute approximate surface area is 86.3 Å². The summed E-state index contributed by atoms with van der Waals surface area (Å²) in [5.74, 6) is -0.389. The van der Waals surface area contributed by atoms with Gasteiger partial charge in [0.05, 0.1) is 0 Å². The zero-order valence-electron chi connectivity index (χ0n) is 7.68. The second-order valence-electron chi connectivity index (χ2n) is 2.96. The van der Waals surface area contributed by atoms with Crippen molar-refractivity contribution in [2.24, 2.45) is 5.11 Å². The molecule has 0 aromatic carbocycles. The molecule has 0 aromatic heterocycles. The Morgan fingerprint density at radius 3 is 3.14 bits per heavy atom. The lowest BCUT2D eigenvalue weighted by atomic mass is 10.00. The van der Waals surface area contributed by atoms with Crippen LogP contribution in [0.2, 0.25) is 0 Å². The number of azide groups is 1. The molecule has 1 rings (SSSR count). The minimum absolute atomic E-state index is 0.389. The van der Waals surface area contributed by atoms with Crippen LogP contribution in [0.4, 0.5) is 0 Å². The zero-order chi connectivity index (χ0) is 10.6. The molecular weight excluding hydrogens is 206 g/mol. The van der Waals surface area contributed by atoms with Gasteiger partial charge < -0.3 is 4.74 Å². The average molecular weight is 216 g/mol. The molecule has 0 spiro atoms. The molecular formula is C8H10ClN3O2. The lowest BCUT2D eigenvalue weighted by Crippen LogP contribution is -2.31. The molecule has 1 aliphatic rings. The van der Waals surface area contributed by atoms with Crippen LogP contribution in [0.25, 0.3) is 10.4 Å². The van der Waals surface area contributed by atoms with Gasteiger partial charge >= 0.3 is 5.97 Å². The number of hydrogen-bond donors (Lipinski definition) is 0. The lowest BCUT2D eigenvalue weighted by molar-refractivity contribution is -0.147. The number of rotatable bonds is 2. The first-order chi connectivity index (χ1) is 6.65. The summed E-state index contributed by atoms with van der Waals surface area (Å²) in [5, 5.41) is 3.95. The van der Waals surface area contributed by atoms with Gasteiger partial charge in [-0.1, -0.05) is 22.8 Å².